The van der Waals surface area contributed by atoms with Crippen molar-refractivity contribution in [2.75, 3.05) is 6.54 Å². The zero-order chi connectivity index (χ0) is 11.6. The third-order valence-electron chi connectivity index (χ3n) is 2.66. The van der Waals surface area contributed by atoms with Crippen molar-refractivity contribution in [2.24, 2.45) is 5.18 Å². The molecule has 1 rings (SSSR count). The van der Waals surface area contributed by atoms with E-state index in [0.29, 0.717) is 0 Å². The van der Waals surface area contributed by atoms with Crippen LogP contribution in [0.25, 0.3) is 0 Å². The molecule has 1 aliphatic heterocycles. The van der Waals surface area contributed by atoms with Gasteiger partial charge in [-0.3, -0.25) is 0 Å². The molecule has 0 saturated heterocycles. The van der Waals surface area contributed by atoms with Gasteiger partial charge in [-0.05, 0) is 23.7 Å². The summed E-state index contributed by atoms with van der Waals surface area (Å²) in [5, 5.41) is 2.83. The normalized spacial score (nSPS) is 17.1. The summed E-state index contributed by atoms with van der Waals surface area (Å²) in [5.41, 5.74) is 0.882. The number of hydrogen-bond donors (Lipinski definition) is 0. The second kappa shape index (κ2) is 7.85. The molecule has 16 heavy (non-hydrogen) atoms. The Morgan fingerprint density at radius 1 is 1.25 bits per heavy atom. The Kier molecular flexibility index (Phi) is 6.23. The molecule has 0 aliphatic carbocycles. The van der Waals surface area contributed by atoms with Crippen molar-refractivity contribution in [2.45, 2.75) is 39.0 Å². The Morgan fingerprint density at radius 2 is 2.06 bits per heavy atom. The van der Waals surface area contributed by atoms with Crippen LogP contribution in [-0.4, -0.2) is 11.4 Å². The van der Waals surface area contributed by atoms with Gasteiger partial charge < -0.3 is 4.90 Å². The SMILES string of the molecule is CCCCCCCN1C=CC=C/C1=C/N=O. The first-order valence-electron chi connectivity index (χ1n) is 6.02. The molecular weight excluding hydrogens is 200 g/mol. The third kappa shape index (κ3) is 4.43. The van der Waals surface area contributed by atoms with Gasteiger partial charge in [0.15, 0.2) is 0 Å². The van der Waals surface area contributed by atoms with E-state index in [0.717, 1.165) is 18.7 Å². The molecule has 0 atom stereocenters. The lowest BCUT2D eigenvalue weighted by Crippen LogP contribution is -2.18. The molecule has 1 heterocycles. The van der Waals surface area contributed by atoms with E-state index < -0.39 is 0 Å². The summed E-state index contributed by atoms with van der Waals surface area (Å²) in [7, 11) is 0. The van der Waals surface area contributed by atoms with Crippen LogP contribution in [0.2, 0.25) is 0 Å². The van der Waals surface area contributed by atoms with Gasteiger partial charge in [0.25, 0.3) is 0 Å². The summed E-state index contributed by atoms with van der Waals surface area (Å²) in [4.78, 5) is 12.3. The second-order valence-electron chi connectivity index (χ2n) is 3.97. The predicted molar refractivity (Wildman–Crippen MR) is 67.6 cm³/mol. The monoisotopic (exact) mass is 220 g/mol. The molecule has 0 N–H and O–H groups in total. The van der Waals surface area contributed by atoms with Crippen LogP contribution in [0.4, 0.5) is 0 Å². The summed E-state index contributed by atoms with van der Waals surface area (Å²) in [6, 6.07) is 0. The fourth-order valence-corrected chi connectivity index (χ4v) is 1.75. The van der Waals surface area contributed by atoms with Crippen molar-refractivity contribution in [1.82, 2.24) is 4.90 Å². The van der Waals surface area contributed by atoms with Crippen LogP contribution in [0.15, 0.2) is 41.5 Å². The molecule has 0 unspecified atom stereocenters. The lowest BCUT2D eigenvalue weighted by Gasteiger charge is -2.22. The number of allylic oxidation sites excluding steroid dienone is 3. The van der Waals surface area contributed by atoms with Gasteiger partial charge in [0.2, 0.25) is 0 Å². The van der Waals surface area contributed by atoms with Crippen molar-refractivity contribution in [3.8, 4) is 0 Å². The molecule has 0 radical (unpaired) electrons. The second-order valence-corrected chi connectivity index (χ2v) is 3.97. The minimum absolute atomic E-state index is 0.882. The molecule has 3 heteroatoms. The molecule has 1 aliphatic rings. The van der Waals surface area contributed by atoms with Gasteiger partial charge >= 0.3 is 0 Å². The summed E-state index contributed by atoms with van der Waals surface area (Å²) in [5.74, 6) is 0. The topological polar surface area (TPSA) is 32.7 Å². The molecule has 0 spiro atoms. The first-order valence-corrected chi connectivity index (χ1v) is 6.02. The molecular formula is C13H20N2O. The molecule has 0 aromatic heterocycles. The maximum Gasteiger partial charge on any atom is 0.0951 e. The molecule has 0 aromatic carbocycles. The van der Waals surface area contributed by atoms with Gasteiger partial charge in [-0.25, -0.2) is 0 Å². The number of rotatable bonds is 7. The Bertz CT molecular complexity index is 292. The highest BCUT2D eigenvalue weighted by atomic mass is 16.2. The van der Waals surface area contributed by atoms with Gasteiger partial charge in [-0.1, -0.05) is 38.7 Å². The quantitative estimate of drug-likeness (QED) is 0.480. The Balaban J connectivity index is 2.29. The molecule has 88 valence electrons. The zero-order valence-electron chi connectivity index (χ0n) is 9.93. The Hall–Kier alpha value is -1.38. The fourth-order valence-electron chi connectivity index (χ4n) is 1.75. The lowest BCUT2D eigenvalue weighted by molar-refractivity contribution is 0.444. The minimum atomic E-state index is 0.882. The van der Waals surface area contributed by atoms with Crippen LogP contribution in [0.5, 0.6) is 0 Å². The van der Waals surface area contributed by atoms with Crippen LogP contribution in [0.1, 0.15) is 39.0 Å². The van der Waals surface area contributed by atoms with Gasteiger partial charge in [-0.2, -0.15) is 0 Å². The largest absolute Gasteiger partial charge is 0.347 e. The van der Waals surface area contributed by atoms with E-state index in [1.54, 1.807) is 0 Å². The maximum absolute atomic E-state index is 10.2. The number of unbranched alkanes of at least 4 members (excludes halogenated alkanes) is 4. The van der Waals surface area contributed by atoms with Crippen LogP contribution >= 0.6 is 0 Å². The maximum atomic E-state index is 10.2. The standard InChI is InChI=1S/C13H20N2O/c1-2-3-4-5-7-10-15-11-8-6-9-13(15)12-14-16/h6,8-9,11-12H,2-5,7,10H2,1H3/b13-12-. The molecule has 0 saturated carbocycles. The minimum Gasteiger partial charge on any atom is -0.347 e. The smallest absolute Gasteiger partial charge is 0.0951 e. The van der Waals surface area contributed by atoms with Crippen molar-refractivity contribution in [3.63, 3.8) is 0 Å². The van der Waals surface area contributed by atoms with Crippen LogP contribution < -0.4 is 0 Å². The van der Waals surface area contributed by atoms with E-state index in [1.807, 2.05) is 24.4 Å². The van der Waals surface area contributed by atoms with Crippen LogP contribution in [-0.2, 0) is 0 Å². The zero-order valence-corrected chi connectivity index (χ0v) is 9.93. The van der Waals surface area contributed by atoms with Gasteiger partial charge in [0.05, 0.1) is 11.9 Å². The van der Waals surface area contributed by atoms with Gasteiger partial charge in [0, 0.05) is 12.7 Å². The van der Waals surface area contributed by atoms with Gasteiger partial charge in [0.1, 0.15) is 0 Å². The van der Waals surface area contributed by atoms with Crippen molar-refractivity contribution in [1.29, 1.82) is 0 Å². The average molecular weight is 220 g/mol. The Morgan fingerprint density at radius 3 is 2.81 bits per heavy atom. The van der Waals surface area contributed by atoms with Crippen molar-refractivity contribution >= 4 is 0 Å². The predicted octanol–water partition coefficient (Wildman–Crippen LogP) is 3.95. The van der Waals surface area contributed by atoms with Crippen LogP contribution in [0.3, 0.4) is 0 Å². The highest BCUT2D eigenvalue weighted by Crippen LogP contribution is 2.14. The fraction of sp³-hybridized carbons (Fsp3) is 0.538. The van der Waals surface area contributed by atoms with E-state index in [4.69, 9.17) is 0 Å². The Labute approximate surface area is 97.5 Å². The first-order chi connectivity index (χ1) is 7.88. The molecule has 0 aromatic rings. The van der Waals surface area contributed by atoms with Crippen molar-refractivity contribution < 1.29 is 0 Å². The highest BCUT2D eigenvalue weighted by molar-refractivity contribution is 5.27. The first kappa shape index (κ1) is 12.7. The van der Waals surface area contributed by atoms with Gasteiger partial charge in [-0.15, -0.1) is 4.91 Å². The van der Waals surface area contributed by atoms with Crippen molar-refractivity contribution in [3.05, 3.63) is 41.2 Å². The summed E-state index contributed by atoms with van der Waals surface area (Å²) in [6.45, 7) is 3.18. The van der Waals surface area contributed by atoms with E-state index in [2.05, 4.69) is 17.0 Å². The van der Waals surface area contributed by atoms with E-state index in [1.165, 1.54) is 31.9 Å². The summed E-state index contributed by atoms with van der Waals surface area (Å²) >= 11 is 0. The van der Waals surface area contributed by atoms with E-state index in [9.17, 15) is 4.91 Å². The molecule has 0 amide bonds. The summed E-state index contributed by atoms with van der Waals surface area (Å²) in [6.07, 6.45) is 15.5. The average Bonchev–Trinajstić information content (AvgIpc) is 2.31. The van der Waals surface area contributed by atoms with Crippen LogP contribution in [0, 0.1) is 4.91 Å². The molecule has 3 nitrogen and oxygen atoms in total. The molecule has 0 fully saturated rings. The highest BCUT2D eigenvalue weighted by Gasteiger charge is 2.05. The summed E-state index contributed by atoms with van der Waals surface area (Å²) < 4.78 is 0. The molecule has 0 bridgehead atoms. The number of hydrogen-bond acceptors (Lipinski definition) is 3. The van der Waals surface area contributed by atoms with E-state index >= 15 is 0 Å². The number of nitroso groups, excluding NO2 is 1. The third-order valence-corrected chi connectivity index (χ3v) is 2.66. The number of nitrogens with zero attached hydrogens (tertiary/aromatic N) is 2. The lowest BCUT2D eigenvalue weighted by atomic mass is 10.1. The van der Waals surface area contributed by atoms with E-state index in [-0.39, 0.29) is 0 Å².